The molecule has 0 unspecified atom stereocenters. The van der Waals surface area contributed by atoms with Gasteiger partial charge in [0.2, 0.25) is 5.91 Å². The van der Waals surface area contributed by atoms with Gasteiger partial charge in [-0.2, -0.15) is 0 Å². The molecule has 1 amide bonds. The lowest BCUT2D eigenvalue weighted by Crippen LogP contribution is -2.08. The van der Waals surface area contributed by atoms with Crippen molar-refractivity contribution in [2.45, 2.75) is 18.1 Å². The highest BCUT2D eigenvalue weighted by atomic mass is 32.2. The van der Waals surface area contributed by atoms with E-state index in [0.717, 1.165) is 23.0 Å². The molecular formula is C19H14FN3O3S. The third-order valence-electron chi connectivity index (χ3n) is 4.33. The molecule has 2 heterocycles. The fourth-order valence-electron chi connectivity index (χ4n) is 2.81. The van der Waals surface area contributed by atoms with Gasteiger partial charge < -0.3 is 9.73 Å². The molecule has 2 aromatic carbocycles. The fraction of sp³-hybridized carbons (Fsp3) is 0.158. The first kappa shape index (κ1) is 17.4. The van der Waals surface area contributed by atoms with Crippen LogP contribution in [0.15, 0.2) is 52.1 Å². The lowest BCUT2D eigenvalue weighted by Gasteiger charge is -2.04. The number of halogens is 1. The second-order valence-electron chi connectivity index (χ2n) is 6.08. The summed E-state index contributed by atoms with van der Waals surface area (Å²) in [5.41, 5.74) is 2.28. The highest BCUT2D eigenvalue weighted by Crippen LogP contribution is 2.33. The molecule has 3 aromatic rings. The number of aromatic nitrogens is 2. The molecule has 136 valence electrons. The summed E-state index contributed by atoms with van der Waals surface area (Å²) in [4.78, 5) is 24.2. The predicted octanol–water partition coefficient (Wildman–Crippen LogP) is 3.91. The van der Waals surface area contributed by atoms with Crippen molar-refractivity contribution in [3.8, 4) is 11.5 Å². The summed E-state index contributed by atoms with van der Waals surface area (Å²) in [6.07, 6.45) is 0. The van der Waals surface area contributed by atoms with Gasteiger partial charge in [-0.15, -0.1) is 10.2 Å². The summed E-state index contributed by atoms with van der Waals surface area (Å²) in [6.45, 7) is 1.80. The van der Waals surface area contributed by atoms with Crippen molar-refractivity contribution in [1.82, 2.24) is 10.2 Å². The number of anilines is 1. The molecule has 0 radical (unpaired) electrons. The molecule has 0 fully saturated rings. The average Bonchev–Trinajstić information content (AvgIpc) is 3.25. The molecule has 0 aliphatic carbocycles. The van der Waals surface area contributed by atoms with Crippen LogP contribution in [-0.4, -0.2) is 27.6 Å². The molecule has 0 saturated carbocycles. The van der Waals surface area contributed by atoms with E-state index in [4.69, 9.17) is 4.42 Å². The van der Waals surface area contributed by atoms with Crippen LogP contribution >= 0.6 is 11.8 Å². The second kappa shape index (κ2) is 6.96. The molecule has 27 heavy (non-hydrogen) atoms. The minimum atomic E-state index is -0.454. The minimum Gasteiger partial charge on any atom is -0.411 e. The number of nitrogens with zero attached hydrogens (tertiary/aromatic N) is 2. The summed E-state index contributed by atoms with van der Waals surface area (Å²) in [7, 11) is 0. The van der Waals surface area contributed by atoms with Crippen LogP contribution in [0.1, 0.15) is 28.8 Å². The van der Waals surface area contributed by atoms with E-state index >= 15 is 0 Å². The maximum Gasteiger partial charge on any atom is 0.277 e. The molecule has 1 aliphatic rings. The smallest absolute Gasteiger partial charge is 0.277 e. The van der Waals surface area contributed by atoms with E-state index in [2.05, 4.69) is 15.5 Å². The van der Waals surface area contributed by atoms with E-state index in [1.54, 1.807) is 43.3 Å². The Bertz CT molecular complexity index is 1050. The van der Waals surface area contributed by atoms with Crippen LogP contribution in [0.25, 0.3) is 11.5 Å². The lowest BCUT2D eigenvalue weighted by molar-refractivity contribution is -0.116. The number of benzene rings is 2. The zero-order valence-electron chi connectivity index (χ0n) is 14.2. The molecule has 0 saturated heterocycles. The van der Waals surface area contributed by atoms with Crippen molar-refractivity contribution < 1.29 is 18.4 Å². The Balaban J connectivity index is 1.45. The molecular weight excluding hydrogens is 369 g/mol. The number of thioether (sulfide) groups is 1. The quantitative estimate of drug-likeness (QED) is 0.531. The third kappa shape index (κ3) is 3.35. The second-order valence-corrected chi connectivity index (χ2v) is 7.00. The Morgan fingerprint density at radius 2 is 2.07 bits per heavy atom. The number of Topliss-reactive ketones (excluding diaryl/α,β-unsaturated/α-hetero) is 1. The SMILES string of the molecule is C[C@@H]1C(=O)Nc2ccc(C(=O)CSc3nnc(-c4ccccc4F)o3)cc21. The van der Waals surface area contributed by atoms with Crippen LogP contribution in [-0.2, 0) is 4.79 Å². The largest absolute Gasteiger partial charge is 0.411 e. The van der Waals surface area contributed by atoms with E-state index in [-0.39, 0.29) is 40.0 Å². The first-order chi connectivity index (χ1) is 13.0. The standard InChI is InChI=1S/C19H14FN3O3S/c1-10-13-8-11(6-7-15(13)21-17(10)25)16(24)9-27-19-23-22-18(26-19)12-4-2-3-5-14(12)20/h2-8,10H,9H2,1H3,(H,21,25)/t10-/m0/s1. The average molecular weight is 383 g/mol. The maximum absolute atomic E-state index is 13.8. The van der Waals surface area contributed by atoms with Crippen LogP contribution in [0.4, 0.5) is 10.1 Å². The van der Waals surface area contributed by atoms with Crippen molar-refractivity contribution in [3.05, 3.63) is 59.4 Å². The Kier molecular flexibility index (Phi) is 4.49. The molecule has 8 heteroatoms. The fourth-order valence-corrected chi connectivity index (χ4v) is 3.47. The van der Waals surface area contributed by atoms with Gasteiger partial charge in [0.05, 0.1) is 17.2 Å². The monoisotopic (exact) mass is 383 g/mol. The number of carbonyl (C=O) groups excluding carboxylic acids is 2. The summed E-state index contributed by atoms with van der Waals surface area (Å²) in [6, 6.07) is 11.3. The van der Waals surface area contributed by atoms with Gasteiger partial charge in [0.15, 0.2) is 5.78 Å². The first-order valence-corrected chi connectivity index (χ1v) is 9.20. The first-order valence-electron chi connectivity index (χ1n) is 8.22. The zero-order valence-corrected chi connectivity index (χ0v) is 15.0. The zero-order chi connectivity index (χ0) is 19.0. The lowest BCUT2D eigenvalue weighted by atomic mass is 9.99. The Morgan fingerprint density at radius 3 is 2.89 bits per heavy atom. The van der Waals surface area contributed by atoms with Crippen molar-refractivity contribution in [3.63, 3.8) is 0 Å². The molecule has 1 atom stereocenters. The molecule has 1 N–H and O–H groups in total. The number of rotatable bonds is 5. The maximum atomic E-state index is 13.8. The van der Waals surface area contributed by atoms with E-state index in [0.29, 0.717) is 5.56 Å². The number of amides is 1. The number of hydrogen-bond acceptors (Lipinski definition) is 6. The number of hydrogen-bond donors (Lipinski definition) is 1. The van der Waals surface area contributed by atoms with Crippen LogP contribution in [0, 0.1) is 5.82 Å². The minimum absolute atomic E-state index is 0.0685. The van der Waals surface area contributed by atoms with E-state index in [1.165, 1.54) is 6.07 Å². The van der Waals surface area contributed by atoms with Crippen molar-refractivity contribution >= 4 is 29.1 Å². The van der Waals surface area contributed by atoms with Gasteiger partial charge in [0.25, 0.3) is 11.1 Å². The molecule has 1 aliphatic heterocycles. The number of nitrogens with one attached hydrogen (secondary N) is 1. The van der Waals surface area contributed by atoms with Crippen LogP contribution in [0.3, 0.4) is 0 Å². The normalized spacial score (nSPS) is 15.5. The molecule has 4 rings (SSSR count). The Labute approximate surface area is 158 Å². The van der Waals surface area contributed by atoms with Crippen molar-refractivity contribution in [1.29, 1.82) is 0 Å². The van der Waals surface area contributed by atoms with Gasteiger partial charge >= 0.3 is 0 Å². The number of ketones is 1. The van der Waals surface area contributed by atoms with Gasteiger partial charge in [0, 0.05) is 11.3 Å². The van der Waals surface area contributed by atoms with Gasteiger partial charge in [-0.1, -0.05) is 23.9 Å². The highest BCUT2D eigenvalue weighted by molar-refractivity contribution is 7.99. The number of carbonyl (C=O) groups is 2. The van der Waals surface area contributed by atoms with Gasteiger partial charge in [-0.05, 0) is 42.8 Å². The van der Waals surface area contributed by atoms with Crippen molar-refractivity contribution in [2.75, 3.05) is 11.1 Å². The Morgan fingerprint density at radius 1 is 1.26 bits per heavy atom. The summed E-state index contributed by atoms with van der Waals surface area (Å²) < 4.78 is 19.2. The molecule has 1 aromatic heterocycles. The molecule has 0 spiro atoms. The van der Waals surface area contributed by atoms with Crippen LogP contribution < -0.4 is 5.32 Å². The van der Waals surface area contributed by atoms with E-state index < -0.39 is 5.82 Å². The van der Waals surface area contributed by atoms with E-state index in [9.17, 15) is 14.0 Å². The van der Waals surface area contributed by atoms with Crippen molar-refractivity contribution in [2.24, 2.45) is 0 Å². The third-order valence-corrected chi connectivity index (χ3v) is 5.15. The van der Waals surface area contributed by atoms with Gasteiger partial charge in [0.1, 0.15) is 5.82 Å². The van der Waals surface area contributed by atoms with E-state index in [1.807, 2.05) is 0 Å². The van der Waals surface area contributed by atoms with Crippen LogP contribution in [0.5, 0.6) is 0 Å². The molecule has 6 nitrogen and oxygen atoms in total. The summed E-state index contributed by atoms with van der Waals surface area (Å²) in [5, 5.41) is 10.6. The molecule has 0 bridgehead atoms. The van der Waals surface area contributed by atoms with Crippen LogP contribution in [0.2, 0.25) is 0 Å². The van der Waals surface area contributed by atoms with Gasteiger partial charge in [-0.25, -0.2) is 4.39 Å². The Hall–Kier alpha value is -3.00. The number of fused-ring (bicyclic) bond motifs is 1. The predicted molar refractivity (Wildman–Crippen MR) is 98.2 cm³/mol. The highest BCUT2D eigenvalue weighted by Gasteiger charge is 2.27. The summed E-state index contributed by atoms with van der Waals surface area (Å²) >= 11 is 1.08. The summed E-state index contributed by atoms with van der Waals surface area (Å²) in [5.74, 6) is -0.772. The van der Waals surface area contributed by atoms with Gasteiger partial charge in [-0.3, -0.25) is 9.59 Å². The topological polar surface area (TPSA) is 85.1 Å².